The van der Waals surface area contributed by atoms with Gasteiger partial charge in [0, 0.05) is 0 Å². The monoisotopic (exact) mass is 328 g/mol. The smallest absolute Gasteiger partial charge is 0.354 e. The Kier molecular flexibility index (Phi) is 4.33. The number of hydrazone groups is 1. The first-order valence-electron chi connectivity index (χ1n) is 7.28. The SMILES string of the molecule is COC(=O)C1=NNC(C(=O)c2ccco2)C1c1ccc(OC)cc1. The third-order valence-corrected chi connectivity index (χ3v) is 3.87. The highest BCUT2D eigenvalue weighted by molar-refractivity contribution is 6.40. The van der Waals surface area contributed by atoms with Crippen molar-refractivity contribution in [2.24, 2.45) is 5.10 Å². The lowest BCUT2D eigenvalue weighted by molar-refractivity contribution is -0.132. The van der Waals surface area contributed by atoms with Crippen molar-refractivity contribution in [3.8, 4) is 5.75 Å². The number of benzene rings is 1. The molecule has 0 fully saturated rings. The molecule has 0 saturated carbocycles. The average molecular weight is 328 g/mol. The molecule has 0 spiro atoms. The van der Waals surface area contributed by atoms with Gasteiger partial charge >= 0.3 is 5.97 Å². The number of methoxy groups -OCH3 is 2. The molecule has 0 bridgehead atoms. The van der Waals surface area contributed by atoms with Crippen LogP contribution in [0.2, 0.25) is 0 Å². The Morgan fingerprint density at radius 2 is 1.92 bits per heavy atom. The number of carbonyl (C=O) groups excluding carboxylic acids is 2. The molecule has 0 radical (unpaired) electrons. The Bertz CT molecular complexity index is 765. The molecule has 0 amide bonds. The molecule has 2 heterocycles. The quantitative estimate of drug-likeness (QED) is 0.664. The molecule has 1 aromatic carbocycles. The van der Waals surface area contributed by atoms with Crippen molar-refractivity contribution in [2.75, 3.05) is 14.2 Å². The highest BCUT2D eigenvalue weighted by Crippen LogP contribution is 2.30. The lowest BCUT2D eigenvalue weighted by Gasteiger charge is -2.18. The average Bonchev–Trinajstić information content (AvgIpc) is 3.30. The highest BCUT2D eigenvalue weighted by atomic mass is 16.5. The molecule has 1 aliphatic rings. The van der Waals surface area contributed by atoms with Crippen molar-refractivity contribution < 1.29 is 23.5 Å². The normalized spacial score (nSPS) is 19.3. The molecule has 2 aromatic rings. The van der Waals surface area contributed by atoms with Gasteiger partial charge in [-0.1, -0.05) is 12.1 Å². The zero-order chi connectivity index (χ0) is 17.1. The van der Waals surface area contributed by atoms with Crippen LogP contribution >= 0.6 is 0 Å². The number of ketones is 1. The number of esters is 1. The van der Waals surface area contributed by atoms with Gasteiger partial charge in [0.25, 0.3) is 0 Å². The van der Waals surface area contributed by atoms with Crippen LogP contribution in [-0.2, 0) is 9.53 Å². The van der Waals surface area contributed by atoms with Crippen LogP contribution in [0.5, 0.6) is 5.75 Å². The molecule has 1 N–H and O–H groups in total. The van der Waals surface area contributed by atoms with Crippen molar-refractivity contribution in [1.82, 2.24) is 5.43 Å². The molecule has 3 rings (SSSR count). The van der Waals surface area contributed by atoms with Gasteiger partial charge in [-0.05, 0) is 29.8 Å². The number of hydrogen-bond donors (Lipinski definition) is 1. The molecule has 1 aromatic heterocycles. The van der Waals surface area contributed by atoms with E-state index in [-0.39, 0.29) is 17.3 Å². The van der Waals surface area contributed by atoms with Gasteiger partial charge in [-0.3, -0.25) is 10.2 Å². The number of furan rings is 1. The minimum atomic E-state index is -0.751. The van der Waals surface area contributed by atoms with Crippen LogP contribution in [0.25, 0.3) is 0 Å². The first-order valence-corrected chi connectivity index (χ1v) is 7.28. The number of nitrogens with one attached hydrogen (secondary N) is 1. The number of carbonyl (C=O) groups is 2. The summed E-state index contributed by atoms with van der Waals surface area (Å²) in [5.74, 6) is -0.579. The molecule has 2 unspecified atom stereocenters. The zero-order valence-corrected chi connectivity index (χ0v) is 13.2. The van der Waals surface area contributed by atoms with Crippen LogP contribution in [0, 0.1) is 0 Å². The van der Waals surface area contributed by atoms with Gasteiger partial charge in [0.05, 0.1) is 26.4 Å². The van der Waals surface area contributed by atoms with Crippen LogP contribution in [0.3, 0.4) is 0 Å². The van der Waals surface area contributed by atoms with Gasteiger partial charge < -0.3 is 13.9 Å². The third kappa shape index (κ3) is 2.76. The van der Waals surface area contributed by atoms with E-state index in [4.69, 9.17) is 13.9 Å². The fourth-order valence-electron chi connectivity index (χ4n) is 2.66. The summed E-state index contributed by atoms with van der Waals surface area (Å²) in [6.45, 7) is 0. The van der Waals surface area contributed by atoms with Crippen molar-refractivity contribution in [3.63, 3.8) is 0 Å². The molecule has 7 nitrogen and oxygen atoms in total. The molecule has 0 saturated heterocycles. The van der Waals surface area contributed by atoms with Crippen molar-refractivity contribution >= 4 is 17.5 Å². The van der Waals surface area contributed by atoms with E-state index in [0.29, 0.717) is 5.75 Å². The predicted octanol–water partition coefficient (Wildman–Crippen LogP) is 1.76. The number of hydrogen-bond acceptors (Lipinski definition) is 7. The maximum absolute atomic E-state index is 12.7. The van der Waals surface area contributed by atoms with E-state index in [2.05, 4.69) is 10.5 Å². The van der Waals surface area contributed by atoms with Gasteiger partial charge in [-0.25, -0.2) is 4.79 Å². The van der Waals surface area contributed by atoms with E-state index in [1.165, 1.54) is 13.4 Å². The third-order valence-electron chi connectivity index (χ3n) is 3.87. The largest absolute Gasteiger partial charge is 0.497 e. The van der Waals surface area contributed by atoms with E-state index < -0.39 is 17.9 Å². The molecule has 24 heavy (non-hydrogen) atoms. The maximum Gasteiger partial charge on any atom is 0.354 e. The molecular weight excluding hydrogens is 312 g/mol. The predicted molar refractivity (Wildman–Crippen MR) is 85.1 cm³/mol. The van der Waals surface area contributed by atoms with E-state index >= 15 is 0 Å². The lowest BCUT2D eigenvalue weighted by Crippen LogP contribution is -2.37. The van der Waals surface area contributed by atoms with Crippen LogP contribution in [0.15, 0.2) is 52.2 Å². The lowest BCUT2D eigenvalue weighted by atomic mass is 9.85. The standard InChI is InChI=1S/C17H16N2O5/c1-22-11-7-5-10(6-8-11)13-14(16(20)12-4-3-9-24-12)18-19-15(13)17(21)23-2/h3-9,13-14,18H,1-2H3. The van der Waals surface area contributed by atoms with Crippen LogP contribution in [-0.4, -0.2) is 37.7 Å². The van der Waals surface area contributed by atoms with Crippen LogP contribution in [0.4, 0.5) is 0 Å². The highest BCUT2D eigenvalue weighted by Gasteiger charge is 2.42. The van der Waals surface area contributed by atoms with Crippen molar-refractivity contribution in [3.05, 3.63) is 54.0 Å². The Morgan fingerprint density at radius 1 is 1.17 bits per heavy atom. The van der Waals surface area contributed by atoms with Crippen molar-refractivity contribution in [2.45, 2.75) is 12.0 Å². The zero-order valence-electron chi connectivity index (χ0n) is 13.2. The van der Waals surface area contributed by atoms with Crippen LogP contribution in [0.1, 0.15) is 22.0 Å². The van der Waals surface area contributed by atoms with Crippen molar-refractivity contribution in [1.29, 1.82) is 0 Å². The summed E-state index contributed by atoms with van der Waals surface area (Å²) < 4.78 is 15.1. The summed E-state index contributed by atoms with van der Waals surface area (Å²) in [4.78, 5) is 24.7. The maximum atomic E-state index is 12.7. The second kappa shape index (κ2) is 6.57. The molecule has 2 atom stereocenters. The number of nitrogens with zero attached hydrogens (tertiary/aromatic N) is 1. The second-order valence-corrected chi connectivity index (χ2v) is 5.19. The molecule has 0 aliphatic carbocycles. The van der Waals surface area contributed by atoms with Gasteiger partial charge in [-0.15, -0.1) is 0 Å². The van der Waals surface area contributed by atoms with E-state index in [1.54, 1.807) is 43.5 Å². The van der Waals surface area contributed by atoms with Gasteiger partial charge in [0.2, 0.25) is 5.78 Å². The number of Topliss-reactive ketones (excluding diaryl/α,β-unsaturated/α-hetero) is 1. The summed E-state index contributed by atoms with van der Waals surface area (Å²) >= 11 is 0. The molecule has 7 heteroatoms. The number of ether oxygens (including phenoxy) is 2. The summed E-state index contributed by atoms with van der Waals surface area (Å²) in [6.07, 6.45) is 1.42. The van der Waals surface area contributed by atoms with E-state index in [0.717, 1.165) is 5.56 Å². The first kappa shape index (κ1) is 15.8. The molecular formula is C17H16N2O5. The summed E-state index contributed by atoms with van der Waals surface area (Å²) in [5.41, 5.74) is 3.62. The summed E-state index contributed by atoms with van der Waals surface area (Å²) in [7, 11) is 2.84. The minimum Gasteiger partial charge on any atom is -0.497 e. The van der Waals surface area contributed by atoms with Gasteiger partial charge in [0.1, 0.15) is 11.8 Å². The molecule has 124 valence electrons. The Morgan fingerprint density at radius 3 is 2.50 bits per heavy atom. The van der Waals surface area contributed by atoms with E-state index in [9.17, 15) is 9.59 Å². The minimum absolute atomic E-state index is 0.146. The summed E-state index contributed by atoms with van der Waals surface area (Å²) in [6, 6.07) is 9.55. The van der Waals surface area contributed by atoms with Crippen LogP contribution < -0.4 is 10.2 Å². The molecule has 1 aliphatic heterocycles. The fraction of sp³-hybridized carbons (Fsp3) is 0.235. The van der Waals surface area contributed by atoms with E-state index in [1.807, 2.05) is 0 Å². The topological polar surface area (TPSA) is 90.1 Å². The Hall–Kier alpha value is -3.09. The second-order valence-electron chi connectivity index (χ2n) is 5.19. The first-order chi connectivity index (χ1) is 11.7. The van der Waals surface area contributed by atoms with Gasteiger partial charge in [0.15, 0.2) is 11.5 Å². The number of rotatable bonds is 5. The fourth-order valence-corrected chi connectivity index (χ4v) is 2.66. The summed E-state index contributed by atoms with van der Waals surface area (Å²) in [5, 5.41) is 4.02. The van der Waals surface area contributed by atoms with Gasteiger partial charge in [-0.2, -0.15) is 5.10 Å². The Labute approximate surface area is 138 Å². The Balaban J connectivity index is 1.97.